The summed E-state index contributed by atoms with van der Waals surface area (Å²) in [6.45, 7) is 4.78. The van der Waals surface area contributed by atoms with Gasteiger partial charge in [-0.25, -0.2) is 0 Å². The van der Waals surface area contributed by atoms with Crippen molar-refractivity contribution in [2.45, 2.75) is 50.9 Å². The molecule has 3 aromatic rings. The second-order valence-corrected chi connectivity index (χ2v) is 10.5. The number of aliphatic hydroxyl groups is 1. The molecule has 0 spiro atoms. The average Bonchev–Trinajstić information content (AvgIpc) is 3.41. The Labute approximate surface area is 230 Å². The molecule has 1 amide bonds. The molecule has 2 aliphatic rings. The van der Waals surface area contributed by atoms with Crippen LogP contribution in [0.4, 0.5) is 5.69 Å². The molecule has 0 aromatic heterocycles. The van der Waals surface area contributed by atoms with E-state index < -0.39 is 6.29 Å². The summed E-state index contributed by atoms with van der Waals surface area (Å²) in [6.07, 6.45) is 1.55. The molecule has 5 rings (SSSR count). The van der Waals surface area contributed by atoms with E-state index in [1.54, 1.807) is 19.2 Å². The fraction of sp³-hybridized carbons (Fsp3) is 0.406. The van der Waals surface area contributed by atoms with Crippen LogP contribution < -0.4 is 5.32 Å². The molecule has 2 saturated heterocycles. The Bertz CT molecular complexity index is 1200. The van der Waals surface area contributed by atoms with Gasteiger partial charge in [0.25, 0.3) is 5.91 Å². The zero-order chi connectivity index (χ0) is 27.2. The van der Waals surface area contributed by atoms with Crippen molar-refractivity contribution in [3.8, 4) is 0 Å². The van der Waals surface area contributed by atoms with Crippen LogP contribution in [0.3, 0.4) is 0 Å². The van der Waals surface area contributed by atoms with Crippen LogP contribution in [0, 0.1) is 5.92 Å². The molecule has 2 fully saturated rings. The molecule has 2 N–H and O–H groups in total. The fourth-order valence-corrected chi connectivity index (χ4v) is 5.59. The smallest absolute Gasteiger partial charge is 0.255 e. The van der Waals surface area contributed by atoms with Crippen molar-refractivity contribution < 1.29 is 24.1 Å². The second-order valence-electron chi connectivity index (χ2n) is 10.5. The maximum absolute atomic E-state index is 12.6. The lowest BCUT2D eigenvalue weighted by Crippen LogP contribution is -2.46. The maximum atomic E-state index is 12.6. The first kappa shape index (κ1) is 27.5. The van der Waals surface area contributed by atoms with Crippen molar-refractivity contribution >= 4 is 11.6 Å². The lowest BCUT2D eigenvalue weighted by Gasteiger charge is -2.43. The third-order valence-corrected chi connectivity index (χ3v) is 7.87. The molecule has 5 atom stereocenters. The van der Waals surface area contributed by atoms with Gasteiger partial charge in [0.1, 0.15) is 0 Å². The van der Waals surface area contributed by atoms with Gasteiger partial charge in [-0.3, -0.25) is 9.69 Å². The molecule has 2 heterocycles. The maximum Gasteiger partial charge on any atom is 0.255 e. The number of nitrogens with zero attached hydrogens (tertiary/aromatic N) is 1. The van der Waals surface area contributed by atoms with Crippen LogP contribution in [-0.4, -0.2) is 54.9 Å². The highest BCUT2D eigenvalue weighted by Gasteiger charge is 2.40. The van der Waals surface area contributed by atoms with Gasteiger partial charge in [-0.05, 0) is 54.8 Å². The summed E-state index contributed by atoms with van der Waals surface area (Å²) in [5.74, 6) is -0.0283. The Morgan fingerprint density at radius 1 is 1.00 bits per heavy atom. The number of hydrogen-bond acceptors (Lipinski definition) is 6. The van der Waals surface area contributed by atoms with Gasteiger partial charge < -0.3 is 24.6 Å². The highest BCUT2D eigenvalue weighted by molar-refractivity contribution is 6.04. The molecule has 0 unspecified atom stereocenters. The van der Waals surface area contributed by atoms with Crippen molar-refractivity contribution in [3.63, 3.8) is 0 Å². The number of likely N-dealkylation sites (tertiary alicyclic amines) is 1. The fourth-order valence-electron chi connectivity index (χ4n) is 5.59. The van der Waals surface area contributed by atoms with Gasteiger partial charge in [0.2, 0.25) is 0 Å². The van der Waals surface area contributed by atoms with E-state index in [1.807, 2.05) is 66.7 Å². The number of rotatable bonds is 9. The number of nitrogens with one attached hydrogen (secondary N) is 1. The Morgan fingerprint density at radius 3 is 2.41 bits per heavy atom. The van der Waals surface area contributed by atoms with E-state index in [2.05, 4.69) is 17.1 Å². The zero-order valence-corrected chi connectivity index (χ0v) is 22.7. The van der Waals surface area contributed by atoms with Crippen molar-refractivity contribution in [2.75, 3.05) is 32.1 Å². The summed E-state index contributed by atoms with van der Waals surface area (Å²) in [4.78, 5) is 15.1. The predicted octanol–water partition coefficient (Wildman–Crippen LogP) is 5.33. The van der Waals surface area contributed by atoms with Gasteiger partial charge >= 0.3 is 0 Å². The van der Waals surface area contributed by atoms with Crippen LogP contribution in [0.25, 0.3) is 0 Å². The first-order valence-corrected chi connectivity index (χ1v) is 13.8. The molecule has 2 aliphatic heterocycles. The van der Waals surface area contributed by atoms with Crippen LogP contribution in [0.2, 0.25) is 0 Å². The molecule has 0 bridgehead atoms. The number of anilines is 1. The Morgan fingerprint density at radius 2 is 1.72 bits per heavy atom. The number of methoxy groups -OCH3 is 1. The van der Waals surface area contributed by atoms with Crippen molar-refractivity contribution in [1.82, 2.24) is 4.90 Å². The molecule has 0 aliphatic carbocycles. The summed E-state index contributed by atoms with van der Waals surface area (Å²) in [5, 5.41) is 12.5. The number of amides is 1. The van der Waals surface area contributed by atoms with Gasteiger partial charge in [0.05, 0.1) is 25.4 Å². The highest BCUT2D eigenvalue weighted by Crippen LogP contribution is 2.42. The minimum Gasteiger partial charge on any atom is -0.392 e. The second kappa shape index (κ2) is 12.9. The van der Waals surface area contributed by atoms with E-state index in [0.29, 0.717) is 17.3 Å². The van der Waals surface area contributed by atoms with Gasteiger partial charge in [0.15, 0.2) is 6.29 Å². The lowest BCUT2D eigenvalue weighted by molar-refractivity contribution is -0.276. The molecular weight excluding hydrogens is 492 g/mol. The zero-order valence-electron chi connectivity index (χ0n) is 22.7. The number of carbonyl (C=O) groups is 1. The molecule has 7 heteroatoms. The van der Waals surface area contributed by atoms with Crippen molar-refractivity contribution in [2.24, 2.45) is 5.92 Å². The highest BCUT2D eigenvalue weighted by atomic mass is 16.7. The Hall–Kier alpha value is -3.07. The van der Waals surface area contributed by atoms with E-state index in [0.717, 1.165) is 49.2 Å². The Kier molecular flexibility index (Phi) is 9.06. The van der Waals surface area contributed by atoms with E-state index in [4.69, 9.17) is 14.2 Å². The van der Waals surface area contributed by atoms with Crippen molar-refractivity contribution in [1.29, 1.82) is 0 Å². The number of hydrogen-bond donors (Lipinski definition) is 2. The normalized spacial score (nSPS) is 25.5. The largest absolute Gasteiger partial charge is 0.392 e. The first-order valence-electron chi connectivity index (χ1n) is 13.8. The average molecular weight is 531 g/mol. The first-order chi connectivity index (χ1) is 19.1. The van der Waals surface area contributed by atoms with E-state index in [9.17, 15) is 9.90 Å². The summed E-state index contributed by atoms with van der Waals surface area (Å²) in [7, 11) is 1.76. The summed E-state index contributed by atoms with van der Waals surface area (Å²) >= 11 is 0. The van der Waals surface area contributed by atoms with Crippen LogP contribution in [0.15, 0.2) is 78.9 Å². The standard InChI is InChI=1S/C32H38N2O5/c1-22-29(19-34-18-6-9-28(34)21-37-2)38-32(39-30(22)24-12-10-23(20-35)11-13-24)26-14-16-27(17-15-26)33-31(36)25-7-4-3-5-8-25/h3-5,7-8,10-17,22,28-30,32,35H,6,9,18-21H2,1-2H3,(H,33,36)/t22-,28+,29+,30+,32+/m1/s1. The van der Waals surface area contributed by atoms with Crippen LogP contribution in [0.1, 0.15) is 59.2 Å². The molecular formula is C32H38N2O5. The lowest BCUT2D eigenvalue weighted by atomic mass is 9.90. The molecule has 0 saturated carbocycles. The predicted molar refractivity (Wildman–Crippen MR) is 150 cm³/mol. The summed E-state index contributed by atoms with van der Waals surface area (Å²) < 4.78 is 18.7. The molecule has 3 aromatic carbocycles. The monoisotopic (exact) mass is 530 g/mol. The van der Waals surface area contributed by atoms with Crippen LogP contribution in [0.5, 0.6) is 0 Å². The van der Waals surface area contributed by atoms with Crippen LogP contribution >= 0.6 is 0 Å². The number of benzene rings is 3. The number of carbonyl (C=O) groups excluding carboxylic acids is 1. The Balaban J connectivity index is 1.35. The minimum absolute atomic E-state index is 0.0126. The number of ether oxygens (including phenoxy) is 3. The van der Waals surface area contributed by atoms with Gasteiger partial charge in [-0.2, -0.15) is 0 Å². The topological polar surface area (TPSA) is 80.3 Å². The quantitative estimate of drug-likeness (QED) is 0.389. The van der Waals surface area contributed by atoms with Gasteiger partial charge in [-0.1, -0.05) is 61.5 Å². The molecule has 39 heavy (non-hydrogen) atoms. The van der Waals surface area contributed by atoms with Gasteiger partial charge in [0, 0.05) is 42.4 Å². The third kappa shape index (κ3) is 6.57. The summed E-state index contributed by atoms with van der Waals surface area (Å²) in [5.41, 5.74) is 4.17. The van der Waals surface area contributed by atoms with E-state index >= 15 is 0 Å². The summed E-state index contributed by atoms with van der Waals surface area (Å²) in [6, 6.07) is 25.2. The molecule has 0 radical (unpaired) electrons. The van der Waals surface area contributed by atoms with Crippen LogP contribution in [-0.2, 0) is 20.8 Å². The number of aliphatic hydroxyl groups excluding tert-OH is 1. The minimum atomic E-state index is -0.545. The van der Waals surface area contributed by atoms with E-state index in [1.165, 1.54) is 0 Å². The van der Waals surface area contributed by atoms with Gasteiger partial charge in [-0.15, -0.1) is 0 Å². The molecule has 206 valence electrons. The molecule has 7 nitrogen and oxygen atoms in total. The third-order valence-electron chi connectivity index (χ3n) is 7.87. The SMILES string of the molecule is COC[C@@H]1CCCN1C[C@@H]1O[C@H](c2ccc(NC(=O)c3ccccc3)cc2)O[C@H](c2ccc(CO)cc2)[C@@H]1C. The van der Waals surface area contributed by atoms with E-state index in [-0.39, 0.29) is 30.6 Å². The van der Waals surface area contributed by atoms with Crippen molar-refractivity contribution in [3.05, 3.63) is 101 Å².